The van der Waals surface area contributed by atoms with Gasteiger partial charge in [0.1, 0.15) is 5.75 Å². The van der Waals surface area contributed by atoms with Crippen molar-refractivity contribution >= 4 is 11.6 Å². The fraction of sp³-hybridized carbons (Fsp3) is 0.647. The lowest BCUT2D eigenvalue weighted by atomic mass is 9.76. The molecule has 1 aromatic carbocycles. The van der Waals surface area contributed by atoms with Gasteiger partial charge in [-0.15, -0.1) is 0 Å². The Hall–Kier alpha value is -0.730. The van der Waals surface area contributed by atoms with Gasteiger partial charge in [-0.3, -0.25) is 0 Å². The number of benzene rings is 1. The van der Waals surface area contributed by atoms with Crippen LogP contribution in [-0.4, -0.2) is 14.2 Å². The summed E-state index contributed by atoms with van der Waals surface area (Å²) in [5.41, 5.74) is 1.24. The van der Waals surface area contributed by atoms with Crippen molar-refractivity contribution in [2.75, 3.05) is 14.2 Å². The summed E-state index contributed by atoms with van der Waals surface area (Å²) in [7, 11) is 3.76. The van der Waals surface area contributed by atoms with Crippen molar-refractivity contribution in [2.45, 2.75) is 45.1 Å². The minimum absolute atomic E-state index is 0.361. The molecule has 1 aliphatic carbocycles. The van der Waals surface area contributed by atoms with E-state index in [1.54, 1.807) is 7.11 Å². The number of methoxy groups -OCH3 is 1. The third-order valence-electron chi connectivity index (χ3n) is 4.78. The van der Waals surface area contributed by atoms with Gasteiger partial charge in [0.25, 0.3) is 0 Å². The van der Waals surface area contributed by atoms with Crippen LogP contribution in [-0.2, 0) is 0 Å². The van der Waals surface area contributed by atoms with Gasteiger partial charge < -0.3 is 10.1 Å². The van der Waals surface area contributed by atoms with E-state index in [1.165, 1.54) is 37.7 Å². The molecule has 1 fully saturated rings. The second kappa shape index (κ2) is 7.33. The van der Waals surface area contributed by atoms with E-state index >= 15 is 0 Å². The monoisotopic (exact) mass is 295 g/mol. The van der Waals surface area contributed by atoms with Crippen molar-refractivity contribution in [2.24, 2.45) is 11.8 Å². The molecule has 1 N–H and O–H groups in total. The standard InChI is InChI=1S/C17H26ClNO/c1-4-12-5-7-13(8-6-12)17(19-2)15-10-9-14(18)11-16(15)20-3/h9-13,17,19H,4-8H2,1-3H3. The minimum Gasteiger partial charge on any atom is -0.496 e. The molecule has 0 radical (unpaired) electrons. The van der Waals surface area contributed by atoms with E-state index in [4.69, 9.17) is 16.3 Å². The molecular weight excluding hydrogens is 270 g/mol. The molecule has 1 aromatic rings. The number of nitrogens with one attached hydrogen (secondary N) is 1. The van der Waals surface area contributed by atoms with Gasteiger partial charge >= 0.3 is 0 Å². The van der Waals surface area contributed by atoms with E-state index in [0.29, 0.717) is 12.0 Å². The lowest BCUT2D eigenvalue weighted by Gasteiger charge is -2.34. The molecule has 0 aromatic heterocycles. The molecule has 1 unspecified atom stereocenters. The fourth-order valence-corrected chi connectivity index (χ4v) is 3.68. The first kappa shape index (κ1) is 15.7. The van der Waals surface area contributed by atoms with E-state index in [1.807, 2.05) is 19.2 Å². The summed E-state index contributed by atoms with van der Waals surface area (Å²) >= 11 is 6.07. The average Bonchev–Trinajstić information content (AvgIpc) is 2.50. The smallest absolute Gasteiger partial charge is 0.125 e. The Bertz CT molecular complexity index is 427. The molecule has 0 saturated heterocycles. The molecule has 1 aliphatic rings. The van der Waals surface area contributed by atoms with Crippen LogP contribution in [0.4, 0.5) is 0 Å². The van der Waals surface area contributed by atoms with Crippen LogP contribution in [0.1, 0.15) is 50.6 Å². The summed E-state index contributed by atoms with van der Waals surface area (Å²) in [6.07, 6.45) is 6.64. The molecule has 0 heterocycles. The molecule has 2 rings (SSSR count). The molecule has 1 saturated carbocycles. The lowest BCUT2D eigenvalue weighted by Crippen LogP contribution is -2.29. The molecule has 20 heavy (non-hydrogen) atoms. The quantitative estimate of drug-likeness (QED) is 0.840. The first-order chi connectivity index (χ1) is 9.69. The SMILES string of the molecule is CCC1CCC(C(NC)c2ccc(Cl)cc2OC)CC1. The van der Waals surface area contributed by atoms with Crippen LogP contribution >= 0.6 is 11.6 Å². The Morgan fingerprint density at radius 3 is 2.55 bits per heavy atom. The van der Waals surface area contributed by atoms with Crippen molar-refractivity contribution in [1.29, 1.82) is 0 Å². The maximum absolute atomic E-state index is 6.07. The third kappa shape index (κ3) is 3.48. The van der Waals surface area contributed by atoms with Crippen molar-refractivity contribution in [1.82, 2.24) is 5.32 Å². The van der Waals surface area contributed by atoms with Gasteiger partial charge in [-0.1, -0.05) is 43.9 Å². The predicted molar refractivity (Wildman–Crippen MR) is 85.5 cm³/mol. The van der Waals surface area contributed by atoms with Gasteiger partial charge in [0.2, 0.25) is 0 Å². The van der Waals surface area contributed by atoms with Crippen LogP contribution in [0, 0.1) is 11.8 Å². The average molecular weight is 296 g/mol. The van der Waals surface area contributed by atoms with Crippen LogP contribution < -0.4 is 10.1 Å². The normalized spacial score (nSPS) is 24.4. The second-order valence-corrected chi connectivity index (χ2v) is 6.28. The summed E-state index contributed by atoms with van der Waals surface area (Å²) in [5.74, 6) is 2.52. The second-order valence-electron chi connectivity index (χ2n) is 5.84. The van der Waals surface area contributed by atoms with E-state index in [2.05, 4.69) is 18.3 Å². The molecule has 1 atom stereocenters. The van der Waals surface area contributed by atoms with Crippen LogP contribution in [0.15, 0.2) is 18.2 Å². The molecule has 2 nitrogen and oxygen atoms in total. The van der Waals surface area contributed by atoms with E-state index < -0.39 is 0 Å². The number of hydrogen-bond donors (Lipinski definition) is 1. The summed E-state index contributed by atoms with van der Waals surface area (Å²) in [4.78, 5) is 0. The number of halogens is 1. The predicted octanol–water partition coefficient (Wildman–Crippen LogP) is 4.83. The van der Waals surface area contributed by atoms with Crippen molar-refractivity contribution in [3.05, 3.63) is 28.8 Å². The molecule has 0 amide bonds. The largest absolute Gasteiger partial charge is 0.496 e. The summed E-state index contributed by atoms with van der Waals surface area (Å²) in [6, 6.07) is 6.34. The molecule has 0 aliphatic heterocycles. The zero-order valence-corrected chi connectivity index (χ0v) is 13.5. The zero-order chi connectivity index (χ0) is 14.5. The Morgan fingerprint density at radius 2 is 2.00 bits per heavy atom. The number of ether oxygens (including phenoxy) is 1. The topological polar surface area (TPSA) is 21.3 Å². The summed E-state index contributed by atoms with van der Waals surface area (Å²) in [5, 5.41) is 4.22. The van der Waals surface area contributed by atoms with Crippen LogP contribution in [0.5, 0.6) is 5.75 Å². The highest BCUT2D eigenvalue weighted by Crippen LogP contribution is 2.40. The van der Waals surface area contributed by atoms with Crippen LogP contribution in [0.2, 0.25) is 5.02 Å². The van der Waals surface area contributed by atoms with Crippen molar-refractivity contribution in [3.8, 4) is 5.75 Å². The van der Waals surface area contributed by atoms with Gasteiger partial charge in [-0.2, -0.15) is 0 Å². The Labute approximate surface area is 127 Å². The Balaban J connectivity index is 2.16. The zero-order valence-electron chi connectivity index (χ0n) is 12.8. The molecule has 112 valence electrons. The Morgan fingerprint density at radius 1 is 1.30 bits per heavy atom. The van der Waals surface area contributed by atoms with Crippen molar-refractivity contribution < 1.29 is 4.74 Å². The van der Waals surface area contributed by atoms with Gasteiger partial charge in [-0.25, -0.2) is 0 Å². The first-order valence-corrected chi connectivity index (χ1v) is 8.08. The number of rotatable bonds is 5. The van der Waals surface area contributed by atoms with E-state index in [-0.39, 0.29) is 0 Å². The molecule has 0 bridgehead atoms. The first-order valence-electron chi connectivity index (χ1n) is 7.70. The van der Waals surface area contributed by atoms with Gasteiger partial charge in [0, 0.05) is 16.6 Å². The molecule has 3 heteroatoms. The van der Waals surface area contributed by atoms with E-state index in [0.717, 1.165) is 16.7 Å². The molecule has 0 spiro atoms. The summed E-state index contributed by atoms with van der Waals surface area (Å²) < 4.78 is 5.52. The van der Waals surface area contributed by atoms with Crippen LogP contribution in [0.3, 0.4) is 0 Å². The third-order valence-corrected chi connectivity index (χ3v) is 5.02. The number of hydrogen-bond acceptors (Lipinski definition) is 2. The highest BCUT2D eigenvalue weighted by atomic mass is 35.5. The molecular formula is C17H26ClNO. The van der Waals surface area contributed by atoms with Gasteiger partial charge in [0.15, 0.2) is 0 Å². The summed E-state index contributed by atoms with van der Waals surface area (Å²) in [6.45, 7) is 2.31. The highest BCUT2D eigenvalue weighted by Gasteiger charge is 2.28. The minimum atomic E-state index is 0.361. The van der Waals surface area contributed by atoms with E-state index in [9.17, 15) is 0 Å². The Kier molecular flexibility index (Phi) is 5.74. The van der Waals surface area contributed by atoms with Gasteiger partial charge in [-0.05, 0) is 43.9 Å². The van der Waals surface area contributed by atoms with Crippen LogP contribution in [0.25, 0.3) is 0 Å². The highest BCUT2D eigenvalue weighted by molar-refractivity contribution is 6.30. The maximum Gasteiger partial charge on any atom is 0.125 e. The van der Waals surface area contributed by atoms with Gasteiger partial charge in [0.05, 0.1) is 7.11 Å². The van der Waals surface area contributed by atoms with Crippen molar-refractivity contribution in [3.63, 3.8) is 0 Å². The fourth-order valence-electron chi connectivity index (χ4n) is 3.52. The lowest BCUT2D eigenvalue weighted by molar-refractivity contribution is 0.221. The maximum atomic E-state index is 6.07.